The summed E-state index contributed by atoms with van der Waals surface area (Å²) in [6.45, 7) is 5.51. The minimum Gasteiger partial charge on any atom is -0.377 e. The number of amides is 1. The van der Waals surface area contributed by atoms with Gasteiger partial charge in [-0.15, -0.1) is 0 Å². The van der Waals surface area contributed by atoms with Gasteiger partial charge in [0, 0.05) is 20.2 Å². The Morgan fingerprint density at radius 1 is 1.60 bits per heavy atom. The predicted molar refractivity (Wildman–Crippen MR) is 59.7 cm³/mol. The third-order valence-electron chi connectivity index (χ3n) is 3.27. The van der Waals surface area contributed by atoms with Crippen molar-refractivity contribution in [2.45, 2.75) is 38.3 Å². The molecule has 1 heterocycles. The number of nitrogens with zero attached hydrogens (tertiary/aromatic N) is 1. The summed E-state index contributed by atoms with van der Waals surface area (Å²) in [6, 6.07) is -0.107. The van der Waals surface area contributed by atoms with E-state index in [0.717, 1.165) is 19.4 Å². The van der Waals surface area contributed by atoms with E-state index in [-0.39, 0.29) is 17.6 Å². The van der Waals surface area contributed by atoms with Crippen molar-refractivity contribution in [1.29, 1.82) is 0 Å². The Morgan fingerprint density at radius 2 is 2.27 bits per heavy atom. The Morgan fingerprint density at radius 3 is 2.80 bits per heavy atom. The quantitative estimate of drug-likeness (QED) is 0.749. The summed E-state index contributed by atoms with van der Waals surface area (Å²) in [5, 5.41) is 2.98. The van der Waals surface area contributed by atoms with Crippen LogP contribution in [0.1, 0.15) is 26.7 Å². The minimum atomic E-state index is -0.165. The van der Waals surface area contributed by atoms with Crippen LogP contribution < -0.4 is 5.32 Å². The van der Waals surface area contributed by atoms with E-state index in [9.17, 15) is 4.79 Å². The number of carbonyl (C=O) groups excluding carboxylic acids is 1. The van der Waals surface area contributed by atoms with Crippen molar-refractivity contribution in [2.75, 3.05) is 27.2 Å². The maximum atomic E-state index is 11.9. The highest BCUT2D eigenvalue weighted by Gasteiger charge is 2.33. The van der Waals surface area contributed by atoms with Crippen molar-refractivity contribution >= 4 is 5.91 Å². The van der Waals surface area contributed by atoms with Gasteiger partial charge in [-0.2, -0.15) is 0 Å². The van der Waals surface area contributed by atoms with Crippen LogP contribution in [0.3, 0.4) is 0 Å². The molecular formula is C11H22N2O2. The second kappa shape index (κ2) is 4.94. The van der Waals surface area contributed by atoms with Gasteiger partial charge in [-0.25, -0.2) is 0 Å². The summed E-state index contributed by atoms with van der Waals surface area (Å²) in [4.78, 5) is 13.8. The van der Waals surface area contributed by atoms with E-state index in [1.165, 1.54) is 0 Å². The molecule has 15 heavy (non-hydrogen) atoms. The number of methoxy groups -OCH3 is 1. The molecule has 0 aromatic heterocycles. The Balaban J connectivity index is 2.60. The van der Waals surface area contributed by atoms with Gasteiger partial charge in [-0.1, -0.05) is 0 Å². The van der Waals surface area contributed by atoms with Gasteiger partial charge in [-0.05, 0) is 33.7 Å². The van der Waals surface area contributed by atoms with Gasteiger partial charge in [0.2, 0.25) is 5.91 Å². The molecule has 1 rings (SSSR count). The van der Waals surface area contributed by atoms with Crippen molar-refractivity contribution in [3.63, 3.8) is 0 Å². The molecule has 1 fully saturated rings. The number of hydrogen-bond donors (Lipinski definition) is 1. The third kappa shape index (κ3) is 2.92. The van der Waals surface area contributed by atoms with Crippen LogP contribution in [0.15, 0.2) is 0 Å². The molecule has 2 unspecified atom stereocenters. The molecule has 0 aromatic carbocycles. The number of nitrogens with one attached hydrogen (secondary N) is 1. The second-order valence-electron chi connectivity index (χ2n) is 4.53. The molecule has 1 aliphatic heterocycles. The van der Waals surface area contributed by atoms with Gasteiger partial charge in [0.25, 0.3) is 0 Å². The Kier molecular flexibility index (Phi) is 4.11. The molecule has 0 bridgehead atoms. The standard InChI is InChI=1S/C11H22N2O2/c1-9(12-3)10(14)13-7-5-6-11(2,8-13)15-4/h9,12H,5-8H2,1-4H3. The SMILES string of the molecule is CNC(C)C(=O)N1CCCC(C)(OC)C1. The van der Waals surface area contributed by atoms with Gasteiger partial charge >= 0.3 is 0 Å². The van der Waals surface area contributed by atoms with Crippen LogP contribution in [0.2, 0.25) is 0 Å². The molecule has 4 heteroatoms. The smallest absolute Gasteiger partial charge is 0.239 e. The molecule has 1 saturated heterocycles. The predicted octanol–water partition coefficient (Wildman–Crippen LogP) is 0.622. The normalized spacial score (nSPS) is 28.9. The van der Waals surface area contributed by atoms with E-state index in [1.54, 1.807) is 7.11 Å². The molecule has 4 nitrogen and oxygen atoms in total. The highest BCUT2D eigenvalue weighted by Crippen LogP contribution is 2.24. The van der Waals surface area contributed by atoms with Crippen molar-refractivity contribution in [3.8, 4) is 0 Å². The zero-order valence-corrected chi connectivity index (χ0v) is 10.2. The molecule has 1 aliphatic rings. The van der Waals surface area contributed by atoms with E-state index in [0.29, 0.717) is 6.54 Å². The van der Waals surface area contributed by atoms with Crippen molar-refractivity contribution < 1.29 is 9.53 Å². The summed E-state index contributed by atoms with van der Waals surface area (Å²) < 4.78 is 5.46. The summed E-state index contributed by atoms with van der Waals surface area (Å²) in [5.74, 6) is 0.167. The first-order valence-electron chi connectivity index (χ1n) is 5.53. The van der Waals surface area contributed by atoms with Crippen LogP contribution in [0.4, 0.5) is 0 Å². The Bertz CT molecular complexity index is 233. The Labute approximate surface area is 92.0 Å². The number of rotatable bonds is 3. The third-order valence-corrected chi connectivity index (χ3v) is 3.27. The fourth-order valence-corrected chi connectivity index (χ4v) is 1.96. The van der Waals surface area contributed by atoms with Crippen LogP contribution in [0.25, 0.3) is 0 Å². The number of carbonyl (C=O) groups is 1. The molecule has 0 aromatic rings. The van der Waals surface area contributed by atoms with Crippen molar-refractivity contribution in [3.05, 3.63) is 0 Å². The first-order chi connectivity index (χ1) is 7.02. The molecule has 88 valence electrons. The van der Waals surface area contributed by atoms with Gasteiger partial charge in [0.05, 0.1) is 11.6 Å². The van der Waals surface area contributed by atoms with Gasteiger partial charge in [0.1, 0.15) is 0 Å². The highest BCUT2D eigenvalue weighted by molar-refractivity contribution is 5.81. The summed E-state index contributed by atoms with van der Waals surface area (Å²) in [7, 11) is 3.53. The molecule has 1 N–H and O–H groups in total. The zero-order chi connectivity index (χ0) is 11.5. The second-order valence-corrected chi connectivity index (χ2v) is 4.53. The van der Waals surface area contributed by atoms with E-state index >= 15 is 0 Å². The number of piperidine rings is 1. The first-order valence-corrected chi connectivity index (χ1v) is 5.53. The van der Waals surface area contributed by atoms with Gasteiger partial charge in [0.15, 0.2) is 0 Å². The zero-order valence-electron chi connectivity index (χ0n) is 10.2. The molecule has 1 amide bonds. The summed E-state index contributed by atoms with van der Waals surface area (Å²) >= 11 is 0. The fourth-order valence-electron chi connectivity index (χ4n) is 1.96. The summed E-state index contributed by atoms with van der Waals surface area (Å²) in [5.41, 5.74) is -0.165. The fraction of sp³-hybridized carbons (Fsp3) is 0.909. The molecular weight excluding hydrogens is 192 g/mol. The number of likely N-dealkylation sites (tertiary alicyclic amines) is 1. The highest BCUT2D eigenvalue weighted by atomic mass is 16.5. The number of hydrogen-bond acceptors (Lipinski definition) is 3. The van der Waals surface area contributed by atoms with E-state index < -0.39 is 0 Å². The number of ether oxygens (including phenoxy) is 1. The molecule has 0 saturated carbocycles. The van der Waals surface area contributed by atoms with E-state index in [1.807, 2.05) is 18.9 Å². The van der Waals surface area contributed by atoms with Crippen molar-refractivity contribution in [1.82, 2.24) is 10.2 Å². The molecule has 0 aliphatic carbocycles. The van der Waals surface area contributed by atoms with Crippen molar-refractivity contribution in [2.24, 2.45) is 0 Å². The van der Waals surface area contributed by atoms with Gasteiger partial charge < -0.3 is 15.0 Å². The lowest BCUT2D eigenvalue weighted by molar-refractivity contribution is -0.140. The van der Waals surface area contributed by atoms with E-state index in [2.05, 4.69) is 12.2 Å². The van der Waals surface area contributed by atoms with Crippen LogP contribution in [-0.4, -0.2) is 49.7 Å². The first kappa shape index (κ1) is 12.5. The van der Waals surface area contributed by atoms with Crippen LogP contribution in [0.5, 0.6) is 0 Å². The monoisotopic (exact) mass is 214 g/mol. The molecule has 0 radical (unpaired) electrons. The lowest BCUT2D eigenvalue weighted by Crippen LogP contribution is -2.53. The number of likely N-dealkylation sites (N-methyl/N-ethyl adjacent to an activating group) is 1. The average molecular weight is 214 g/mol. The lowest BCUT2D eigenvalue weighted by atomic mass is 9.94. The average Bonchev–Trinajstić information content (AvgIpc) is 2.27. The largest absolute Gasteiger partial charge is 0.377 e. The van der Waals surface area contributed by atoms with Gasteiger partial charge in [-0.3, -0.25) is 4.79 Å². The molecule has 0 spiro atoms. The minimum absolute atomic E-state index is 0.107. The lowest BCUT2D eigenvalue weighted by Gasteiger charge is -2.40. The van der Waals surface area contributed by atoms with Crippen LogP contribution >= 0.6 is 0 Å². The summed E-state index contributed by atoms with van der Waals surface area (Å²) in [6.07, 6.45) is 2.05. The van der Waals surface area contributed by atoms with Crippen LogP contribution in [-0.2, 0) is 9.53 Å². The molecule has 2 atom stereocenters. The maximum Gasteiger partial charge on any atom is 0.239 e. The van der Waals surface area contributed by atoms with Crippen LogP contribution in [0, 0.1) is 0 Å². The van der Waals surface area contributed by atoms with E-state index in [4.69, 9.17) is 4.74 Å². The topological polar surface area (TPSA) is 41.6 Å². The Hall–Kier alpha value is -0.610. The maximum absolute atomic E-state index is 11.9.